The Labute approximate surface area is 108 Å². The number of carbonyl (C=O) groups is 1. The predicted octanol–water partition coefficient (Wildman–Crippen LogP) is 2.53. The number of likely N-dealkylation sites (tertiary alicyclic amines) is 1. The van der Waals surface area contributed by atoms with E-state index in [1.807, 2.05) is 0 Å². The van der Waals surface area contributed by atoms with Crippen LogP contribution in [0.1, 0.15) is 40.0 Å². The minimum atomic E-state index is 0.0252. The van der Waals surface area contributed by atoms with Crippen molar-refractivity contribution in [3.05, 3.63) is 0 Å². The smallest absolute Gasteiger partial charge is 0.229 e. The van der Waals surface area contributed by atoms with E-state index >= 15 is 0 Å². The number of carbonyl (C=O) groups excluding carboxylic acids is 1. The molecule has 0 aromatic rings. The molecule has 4 fully saturated rings. The molecule has 6 atom stereocenters. The number of rotatable bonds is 0. The highest BCUT2D eigenvalue weighted by Gasteiger charge is 2.70. The second kappa shape index (κ2) is 3.04. The van der Waals surface area contributed by atoms with Crippen molar-refractivity contribution >= 4 is 17.7 Å². The fraction of sp³-hybridized carbons (Fsp3) is 0.929. The van der Waals surface area contributed by atoms with Gasteiger partial charge in [0.15, 0.2) is 0 Å². The van der Waals surface area contributed by atoms with Gasteiger partial charge in [-0.2, -0.15) is 11.8 Å². The summed E-state index contributed by atoms with van der Waals surface area (Å²) in [6.07, 6.45) is 4.23. The first kappa shape index (κ1) is 10.7. The third-order valence-corrected chi connectivity index (χ3v) is 7.28. The SMILES string of the molecule is CC(C)(C)N1C(=O)C2C3SC(C4CCCC43)C21. The molecule has 0 aromatic carbocycles. The lowest BCUT2D eigenvalue weighted by atomic mass is 9.66. The number of β-lactam (4-membered cyclic amide) rings is 1. The maximum atomic E-state index is 12.4. The third-order valence-electron chi connectivity index (χ3n) is 5.39. The highest BCUT2D eigenvalue weighted by Crippen LogP contribution is 2.66. The lowest BCUT2D eigenvalue weighted by molar-refractivity contribution is -0.169. The monoisotopic (exact) mass is 251 g/mol. The van der Waals surface area contributed by atoms with Crippen LogP contribution in [0.3, 0.4) is 0 Å². The molecular formula is C14H21NOS. The first-order chi connectivity index (χ1) is 8.00. The Hall–Kier alpha value is -0.180. The largest absolute Gasteiger partial charge is 0.333 e. The highest BCUT2D eigenvalue weighted by molar-refractivity contribution is 8.01. The number of thioether (sulfide) groups is 1. The molecule has 3 heteroatoms. The molecule has 1 saturated carbocycles. The van der Waals surface area contributed by atoms with Crippen molar-refractivity contribution in [1.82, 2.24) is 4.90 Å². The first-order valence-electron chi connectivity index (χ1n) is 6.99. The zero-order valence-electron chi connectivity index (χ0n) is 10.8. The van der Waals surface area contributed by atoms with Crippen molar-refractivity contribution in [2.45, 2.75) is 62.1 Å². The summed E-state index contributed by atoms with van der Waals surface area (Å²) in [6.45, 7) is 6.55. The van der Waals surface area contributed by atoms with E-state index in [9.17, 15) is 4.79 Å². The van der Waals surface area contributed by atoms with E-state index < -0.39 is 0 Å². The summed E-state index contributed by atoms with van der Waals surface area (Å²) in [4.78, 5) is 14.6. The molecule has 0 spiro atoms. The summed E-state index contributed by atoms with van der Waals surface area (Å²) in [5, 5.41) is 1.46. The van der Waals surface area contributed by atoms with Crippen molar-refractivity contribution < 1.29 is 4.79 Å². The lowest BCUT2D eigenvalue weighted by Gasteiger charge is -2.57. The molecule has 3 saturated heterocycles. The Morgan fingerprint density at radius 3 is 2.47 bits per heavy atom. The summed E-state index contributed by atoms with van der Waals surface area (Å²) < 4.78 is 0. The normalized spacial score (nSPS) is 51.5. The van der Waals surface area contributed by atoms with Gasteiger partial charge in [0.05, 0.1) is 12.0 Å². The van der Waals surface area contributed by atoms with Gasteiger partial charge in [-0.3, -0.25) is 4.79 Å². The molecule has 4 aliphatic rings. The molecule has 0 radical (unpaired) electrons. The minimum absolute atomic E-state index is 0.0252. The van der Waals surface area contributed by atoms with Crippen LogP contribution in [0.5, 0.6) is 0 Å². The van der Waals surface area contributed by atoms with Crippen LogP contribution in [-0.2, 0) is 4.79 Å². The van der Waals surface area contributed by atoms with Crippen LogP contribution in [0.4, 0.5) is 0 Å². The van der Waals surface area contributed by atoms with Gasteiger partial charge in [-0.1, -0.05) is 6.42 Å². The third kappa shape index (κ3) is 1.13. The van der Waals surface area contributed by atoms with Crippen LogP contribution in [0.25, 0.3) is 0 Å². The summed E-state index contributed by atoms with van der Waals surface area (Å²) >= 11 is 2.16. The van der Waals surface area contributed by atoms with Crippen molar-refractivity contribution in [3.63, 3.8) is 0 Å². The summed E-state index contributed by atoms with van der Waals surface area (Å²) in [5.41, 5.74) is 0.0252. The predicted molar refractivity (Wildman–Crippen MR) is 69.9 cm³/mol. The van der Waals surface area contributed by atoms with E-state index in [4.69, 9.17) is 0 Å². The Morgan fingerprint density at radius 1 is 1.18 bits per heavy atom. The quantitative estimate of drug-likeness (QED) is 0.617. The van der Waals surface area contributed by atoms with Crippen LogP contribution < -0.4 is 0 Å². The molecule has 3 aliphatic heterocycles. The number of nitrogens with zero attached hydrogens (tertiary/aromatic N) is 1. The standard InChI is InChI=1S/C14H21NOS/c1-14(2,3)15-10-9(13(15)16)11-7-5-4-6-8(7)12(10)17-11/h7-12H,4-6H2,1-3H3. The summed E-state index contributed by atoms with van der Waals surface area (Å²) in [7, 11) is 0. The maximum absolute atomic E-state index is 12.4. The van der Waals surface area contributed by atoms with Crippen LogP contribution in [-0.4, -0.2) is 32.9 Å². The van der Waals surface area contributed by atoms with Gasteiger partial charge in [0, 0.05) is 16.0 Å². The molecule has 1 amide bonds. The number of fused-ring (bicyclic) bond motifs is 8. The fourth-order valence-corrected chi connectivity index (χ4v) is 7.24. The topological polar surface area (TPSA) is 20.3 Å². The second-order valence-electron chi connectivity index (χ2n) is 7.22. The van der Waals surface area contributed by atoms with Gasteiger partial charge in [-0.05, 0) is 45.4 Å². The number of amides is 1. The molecule has 4 rings (SSSR count). The van der Waals surface area contributed by atoms with Gasteiger partial charge < -0.3 is 4.90 Å². The van der Waals surface area contributed by atoms with Gasteiger partial charge in [-0.25, -0.2) is 0 Å². The van der Waals surface area contributed by atoms with Crippen molar-refractivity contribution in [2.75, 3.05) is 0 Å². The molecule has 2 bridgehead atoms. The van der Waals surface area contributed by atoms with E-state index in [1.165, 1.54) is 19.3 Å². The van der Waals surface area contributed by atoms with Crippen molar-refractivity contribution in [3.8, 4) is 0 Å². The van der Waals surface area contributed by atoms with Gasteiger partial charge in [0.2, 0.25) is 5.91 Å². The van der Waals surface area contributed by atoms with Gasteiger partial charge in [0.1, 0.15) is 0 Å². The van der Waals surface area contributed by atoms with E-state index in [2.05, 4.69) is 37.4 Å². The van der Waals surface area contributed by atoms with E-state index in [0.29, 0.717) is 23.1 Å². The van der Waals surface area contributed by atoms with Crippen molar-refractivity contribution in [2.24, 2.45) is 17.8 Å². The van der Waals surface area contributed by atoms with E-state index in [-0.39, 0.29) is 5.54 Å². The molecule has 0 N–H and O–H groups in total. The fourth-order valence-electron chi connectivity index (χ4n) is 4.90. The van der Waals surface area contributed by atoms with Crippen LogP contribution in [0.2, 0.25) is 0 Å². The molecule has 1 aliphatic carbocycles. The minimum Gasteiger partial charge on any atom is -0.333 e. The zero-order valence-corrected chi connectivity index (χ0v) is 11.7. The number of hydrogen-bond acceptors (Lipinski definition) is 2. The van der Waals surface area contributed by atoms with E-state index in [1.54, 1.807) is 0 Å². The summed E-state index contributed by atoms with van der Waals surface area (Å²) in [6, 6.07) is 0.580. The average molecular weight is 251 g/mol. The molecule has 2 nitrogen and oxygen atoms in total. The Bertz CT molecular complexity index is 388. The molecule has 0 aromatic heterocycles. The van der Waals surface area contributed by atoms with Crippen molar-refractivity contribution in [1.29, 1.82) is 0 Å². The molecule has 6 unspecified atom stereocenters. The number of hydrogen-bond donors (Lipinski definition) is 0. The zero-order chi connectivity index (χ0) is 11.9. The van der Waals surface area contributed by atoms with E-state index in [0.717, 1.165) is 17.1 Å². The second-order valence-corrected chi connectivity index (χ2v) is 8.58. The average Bonchev–Trinajstić information content (AvgIpc) is 2.80. The molecule has 17 heavy (non-hydrogen) atoms. The van der Waals surface area contributed by atoms with Gasteiger partial charge >= 0.3 is 0 Å². The lowest BCUT2D eigenvalue weighted by Crippen LogP contribution is -2.72. The van der Waals surface area contributed by atoms with Crippen LogP contribution in [0, 0.1) is 17.8 Å². The molecular weight excluding hydrogens is 230 g/mol. The van der Waals surface area contributed by atoms with Gasteiger partial charge in [-0.15, -0.1) is 0 Å². The highest BCUT2D eigenvalue weighted by atomic mass is 32.2. The van der Waals surface area contributed by atoms with Gasteiger partial charge in [0.25, 0.3) is 0 Å². The Balaban J connectivity index is 1.68. The molecule has 94 valence electrons. The molecule has 3 heterocycles. The Morgan fingerprint density at radius 2 is 1.82 bits per heavy atom. The first-order valence-corrected chi connectivity index (χ1v) is 7.93. The van der Waals surface area contributed by atoms with Crippen LogP contribution in [0.15, 0.2) is 0 Å². The Kier molecular flexibility index (Phi) is 1.91. The summed E-state index contributed by atoms with van der Waals surface area (Å²) in [5.74, 6) is 2.66. The maximum Gasteiger partial charge on any atom is 0.229 e. The van der Waals surface area contributed by atoms with Crippen LogP contribution >= 0.6 is 11.8 Å².